The van der Waals surface area contributed by atoms with E-state index in [0.717, 1.165) is 25.0 Å². The largest absolute Gasteiger partial charge is 0.429 e. The number of hydrogen-bond acceptors (Lipinski definition) is 1. The summed E-state index contributed by atoms with van der Waals surface area (Å²) in [5, 5.41) is 0. The van der Waals surface area contributed by atoms with Crippen LogP contribution in [0.1, 0.15) is 58.3 Å². The van der Waals surface area contributed by atoms with Crippen LogP contribution in [0, 0.1) is 52.8 Å². The summed E-state index contributed by atoms with van der Waals surface area (Å²) < 4.78 is 104. The summed E-state index contributed by atoms with van der Waals surface area (Å²) in [6.07, 6.45) is 2.67. The first kappa shape index (κ1) is 24.9. The third kappa shape index (κ3) is 5.05. The topological polar surface area (TPSA) is 9.23 Å². The van der Waals surface area contributed by atoms with E-state index in [0.29, 0.717) is 42.7 Å². The molecule has 0 radical (unpaired) electrons. The van der Waals surface area contributed by atoms with Crippen LogP contribution >= 0.6 is 0 Å². The van der Waals surface area contributed by atoms with Crippen LogP contribution in [-0.4, -0.2) is 6.11 Å². The van der Waals surface area contributed by atoms with Crippen LogP contribution in [0.15, 0.2) is 24.3 Å². The molecule has 4 rings (SSSR count). The van der Waals surface area contributed by atoms with Crippen LogP contribution in [0.4, 0.5) is 30.7 Å². The fourth-order valence-electron chi connectivity index (χ4n) is 5.46. The van der Waals surface area contributed by atoms with Gasteiger partial charge in [-0.2, -0.15) is 13.2 Å². The summed E-state index contributed by atoms with van der Waals surface area (Å²) in [6.45, 7) is 2.23. The summed E-state index contributed by atoms with van der Waals surface area (Å²) in [7, 11) is 0. The van der Waals surface area contributed by atoms with Gasteiger partial charge in [-0.3, -0.25) is 0 Å². The average molecular weight is 488 g/mol. The molecule has 0 aliphatic heterocycles. The molecule has 1 nitrogen and oxygen atoms in total. The van der Waals surface area contributed by atoms with Gasteiger partial charge in [-0.15, -0.1) is 0 Å². The van der Waals surface area contributed by atoms with Gasteiger partial charge in [0.05, 0.1) is 5.92 Å². The predicted octanol–water partition coefficient (Wildman–Crippen LogP) is 8.65. The Hall–Kier alpha value is -2.25. The fraction of sp³-hybridized carbons (Fsp3) is 0.538. The Morgan fingerprint density at radius 2 is 1.24 bits per heavy atom. The molecule has 0 atom stereocenters. The second-order valence-corrected chi connectivity index (χ2v) is 9.79. The minimum Gasteiger partial charge on any atom is -0.429 e. The molecule has 0 unspecified atom stereocenters. The van der Waals surface area contributed by atoms with Gasteiger partial charge in [0, 0.05) is 5.56 Å². The van der Waals surface area contributed by atoms with Crippen molar-refractivity contribution in [2.24, 2.45) is 23.7 Å². The lowest BCUT2D eigenvalue weighted by Gasteiger charge is -2.38. The standard InChI is InChI=1S/C26H27F7O/c1-14-2-4-15(5-3-14)16-6-8-18(9-7-16)26(32,33)34-22-11-10-19(23(29)25(22)31)17-12-20(27)24(30)21(28)13-17/h10-16,18H,2-9H2,1H3. The maximum atomic E-state index is 14.8. The molecule has 0 spiro atoms. The number of halogens is 7. The Balaban J connectivity index is 1.44. The van der Waals surface area contributed by atoms with Gasteiger partial charge < -0.3 is 4.74 Å². The highest BCUT2D eigenvalue weighted by Crippen LogP contribution is 2.46. The molecule has 0 heterocycles. The van der Waals surface area contributed by atoms with E-state index in [-0.39, 0.29) is 12.8 Å². The first-order valence-corrected chi connectivity index (χ1v) is 11.8. The van der Waals surface area contributed by atoms with Crippen molar-refractivity contribution < 1.29 is 35.5 Å². The van der Waals surface area contributed by atoms with E-state index in [1.807, 2.05) is 0 Å². The average Bonchev–Trinajstić information content (AvgIpc) is 2.81. The van der Waals surface area contributed by atoms with E-state index in [2.05, 4.69) is 11.7 Å². The normalized spacial score (nSPS) is 25.9. The second-order valence-electron chi connectivity index (χ2n) is 9.79. The molecule has 0 N–H and O–H groups in total. The highest BCUT2D eigenvalue weighted by Gasteiger charge is 2.45. The monoisotopic (exact) mass is 488 g/mol. The Labute approximate surface area is 194 Å². The molecule has 2 saturated carbocycles. The van der Waals surface area contributed by atoms with Crippen LogP contribution in [-0.2, 0) is 0 Å². The number of alkyl halides is 2. The number of benzene rings is 2. The number of hydrogen-bond donors (Lipinski definition) is 0. The van der Waals surface area contributed by atoms with Gasteiger partial charge >= 0.3 is 6.11 Å². The van der Waals surface area contributed by atoms with Crippen LogP contribution in [0.25, 0.3) is 11.1 Å². The molecule has 2 fully saturated rings. The maximum Gasteiger partial charge on any atom is 0.400 e. The molecule has 2 aliphatic carbocycles. The van der Waals surface area contributed by atoms with Crippen molar-refractivity contribution in [1.82, 2.24) is 0 Å². The van der Waals surface area contributed by atoms with E-state index in [1.165, 1.54) is 12.8 Å². The third-order valence-corrected chi connectivity index (χ3v) is 7.56. The summed E-state index contributed by atoms with van der Waals surface area (Å²) >= 11 is 0. The van der Waals surface area contributed by atoms with E-state index in [1.54, 1.807) is 0 Å². The van der Waals surface area contributed by atoms with Gasteiger partial charge in [-0.05, 0) is 86.1 Å². The summed E-state index contributed by atoms with van der Waals surface area (Å²) in [4.78, 5) is 0. The first-order valence-electron chi connectivity index (χ1n) is 11.8. The fourth-order valence-corrected chi connectivity index (χ4v) is 5.46. The van der Waals surface area contributed by atoms with Crippen molar-refractivity contribution in [1.29, 1.82) is 0 Å². The van der Waals surface area contributed by atoms with Crippen molar-refractivity contribution in [3.05, 3.63) is 53.4 Å². The molecule has 2 aromatic rings. The van der Waals surface area contributed by atoms with E-state index < -0.39 is 58.0 Å². The summed E-state index contributed by atoms with van der Waals surface area (Å²) in [5.41, 5.74) is -1.07. The molecule has 0 saturated heterocycles. The lowest BCUT2D eigenvalue weighted by atomic mass is 9.69. The zero-order chi connectivity index (χ0) is 24.6. The minimum atomic E-state index is -3.70. The molecule has 0 bridgehead atoms. The molecular formula is C26H27F7O. The molecule has 2 aromatic carbocycles. The van der Waals surface area contributed by atoms with Crippen LogP contribution in [0.3, 0.4) is 0 Å². The minimum absolute atomic E-state index is 0.236. The number of rotatable bonds is 5. The zero-order valence-corrected chi connectivity index (χ0v) is 18.8. The Morgan fingerprint density at radius 3 is 1.79 bits per heavy atom. The molecule has 0 aromatic heterocycles. The number of ether oxygens (including phenoxy) is 1. The van der Waals surface area contributed by atoms with Crippen molar-refractivity contribution in [2.45, 2.75) is 64.4 Å². The van der Waals surface area contributed by atoms with Crippen molar-refractivity contribution >= 4 is 0 Å². The van der Waals surface area contributed by atoms with Gasteiger partial charge in [0.15, 0.2) is 29.0 Å². The van der Waals surface area contributed by atoms with Crippen LogP contribution in [0.5, 0.6) is 5.75 Å². The molecule has 186 valence electrons. The smallest absolute Gasteiger partial charge is 0.400 e. The van der Waals surface area contributed by atoms with Crippen molar-refractivity contribution in [3.63, 3.8) is 0 Å². The van der Waals surface area contributed by atoms with Crippen LogP contribution in [0.2, 0.25) is 0 Å². The summed E-state index contributed by atoms with van der Waals surface area (Å²) in [6, 6.07) is 2.65. The Morgan fingerprint density at radius 1 is 0.706 bits per heavy atom. The highest BCUT2D eigenvalue weighted by atomic mass is 19.3. The zero-order valence-electron chi connectivity index (χ0n) is 18.8. The molecule has 8 heteroatoms. The SMILES string of the molecule is CC1CCC(C2CCC(C(F)(F)Oc3ccc(-c4cc(F)c(F)c(F)c4)c(F)c3F)CC2)CC1. The van der Waals surface area contributed by atoms with Crippen LogP contribution < -0.4 is 4.74 Å². The maximum absolute atomic E-state index is 14.8. The first-order chi connectivity index (χ1) is 16.1. The van der Waals surface area contributed by atoms with Gasteiger partial charge in [0.1, 0.15) is 0 Å². The van der Waals surface area contributed by atoms with E-state index >= 15 is 0 Å². The lowest BCUT2D eigenvalue weighted by Crippen LogP contribution is -2.38. The second kappa shape index (κ2) is 9.78. The Kier molecular flexibility index (Phi) is 7.15. The molecule has 34 heavy (non-hydrogen) atoms. The molecular weight excluding hydrogens is 461 g/mol. The van der Waals surface area contributed by atoms with E-state index in [9.17, 15) is 30.7 Å². The quantitative estimate of drug-likeness (QED) is 0.302. The van der Waals surface area contributed by atoms with Gasteiger partial charge in [-0.25, -0.2) is 17.6 Å². The Bertz CT molecular complexity index is 999. The lowest BCUT2D eigenvalue weighted by molar-refractivity contribution is -0.225. The van der Waals surface area contributed by atoms with Gasteiger partial charge in [0.2, 0.25) is 5.82 Å². The molecule has 2 aliphatic rings. The van der Waals surface area contributed by atoms with E-state index in [4.69, 9.17) is 0 Å². The van der Waals surface area contributed by atoms with Gasteiger partial charge in [0.25, 0.3) is 0 Å². The third-order valence-electron chi connectivity index (χ3n) is 7.56. The summed E-state index contributed by atoms with van der Waals surface area (Å²) in [5.74, 6) is -8.66. The van der Waals surface area contributed by atoms with Gasteiger partial charge in [-0.1, -0.05) is 19.8 Å². The molecule has 0 amide bonds. The highest BCUT2D eigenvalue weighted by molar-refractivity contribution is 5.65. The predicted molar refractivity (Wildman–Crippen MR) is 114 cm³/mol. The van der Waals surface area contributed by atoms with Crippen molar-refractivity contribution in [2.75, 3.05) is 0 Å². The van der Waals surface area contributed by atoms with Crippen molar-refractivity contribution in [3.8, 4) is 16.9 Å².